The molecule has 54 heavy (non-hydrogen) atoms. The van der Waals surface area contributed by atoms with Gasteiger partial charge in [0.25, 0.3) is 0 Å². The van der Waals surface area contributed by atoms with Crippen LogP contribution in [0.1, 0.15) is 51.7 Å². The summed E-state index contributed by atoms with van der Waals surface area (Å²) in [7, 11) is -7.93. The van der Waals surface area contributed by atoms with Gasteiger partial charge in [-0.05, 0) is 49.9 Å². The van der Waals surface area contributed by atoms with Gasteiger partial charge in [-0.2, -0.15) is 9.44 Å². The first kappa shape index (κ1) is 45.4. The van der Waals surface area contributed by atoms with Crippen LogP contribution in [0.3, 0.4) is 0 Å². The van der Waals surface area contributed by atoms with E-state index in [0.29, 0.717) is 12.8 Å². The fraction of sp³-hybridized carbons (Fsp3) is 0.632. The first-order valence-electron chi connectivity index (χ1n) is 18.8. The van der Waals surface area contributed by atoms with Crippen molar-refractivity contribution in [3.63, 3.8) is 0 Å². The van der Waals surface area contributed by atoms with E-state index in [0.717, 1.165) is 11.1 Å². The molecule has 0 aliphatic carbocycles. The second kappa shape index (κ2) is 22.6. The summed E-state index contributed by atoms with van der Waals surface area (Å²) in [5.74, 6) is -1.30. The van der Waals surface area contributed by atoms with Gasteiger partial charge in [-0.1, -0.05) is 75.9 Å². The summed E-state index contributed by atoms with van der Waals surface area (Å²) >= 11 is 0. The van der Waals surface area contributed by atoms with Gasteiger partial charge in [-0.25, -0.2) is 16.8 Å². The van der Waals surface area contributed by atoms with Crippen LogP contribution in [0.4, 0.5) is 0 Å². The Morgan fingerprint density at radius 2 is 0.833 bits per heavy atom. The van der Waals surface area contributed by atoms with E-state index in [1.807, 2.05) is 41.5 Å². The third kappa shape index (κ3) is 14.3. The number of aryl methyl sites for hydroxylation is 2. The number of amides is 2. The molecule has 0 spiro atoms. The van der Waals surface area contributed by atoms with E-state index in [1.165, 1.54) is 24.3 Å². The van der Waals surface area contributed by atoms with E-state index < -0.39 is 32.1 Å². The molecule has 304 valence electrons. The van der Waals surface area contributed by atoms with E-state index in [-0.39, 0.29) is 112 Å². The molecule has 2 N–H and O–H groups in total. The number of rotatable bonds is 12. The lowest BCUT2D eigenvalue weighted by molar-refractivity contribution is -0.137. The number of benzene rings is 2. The van der Waals surface area contributed by atoms with Gasteiger partial charge < -0.3 is 28.7 Å². The van der Waals surface area contributed by atoms with E-state index >= 15 is 0 Å². The standard InChI is InChI=1S/C38H60N4O10S2/c1-7-31(5)35(39-53(45,46)33-13-9-29(3)10-14-33)37(43)41-17-21-49-25-27-51-23-19-42(20-24-52-28-26-50-22-18-41)38(44)36(32(6)8-2)40-54(47,48)34-15-11-30(4)12-16-34/h9-16,31-32,35-36,39-40H,7-8,17-28H2,1-6H3. The molecule has 0 bridgehead atoms. The number of nitrogens with zero attached hydrogens (tertiary/aromatic N) is 2. The predicted molar refractivity (Wildman–Crippen MR) is 206 cm³/mol. The zero-order valence-electron chi connectivity index (χ0n) is 32.6. The maximum absolute atomic E-state index is 13.9. The van der Waals surface area contributed by atoms with Crippen LogP contribution in [-0.4, -0.2) is 130 Å². The highest BCUT2D eigenvalue weighted by molar-refractivity contribution is 7.89. The minimum atomic E-state index is -3.97. The lowest BCUT2D eigenvalue weighted by atomic mass is 9.99. The number of hydrogen-bond donors (Lipinski definition) is 2. The van der Waals surface area contributed by atoms with E-state index in [2.05, 4.69) is 9.44 Å². The third-order valence-electron chi connectivity index (χ3n) is 9.57. The average molecular weight is 797 g/mol. The second-order valence-corrected chi connectivity index (χ2v) is 17.1. The number of sulfonamides is 2. The van der Waals surface area contributed by atoms with Gasteiger partial charge >= 0.3 is 0 Å². The Morgan fingerprint density at radius 3 is 1.09 bits per heavy atom. The van der Waals surface area contributed by atoms with Crippen LogP contribution < -0.4 is 9.44 Å². The fourth-order valence-corrected chi connectivity index (χ4v) is 8.19. The average Bonchev–Trinajstić information content (AvgIpc) is 3.15. The van der Waals surface area contributed by atoms with Gasteiger partial charge in [-0.15, -0.1) is 0 Å². The van der Waals surface area contributed by atoms with Crippen molar-refractivity contribution >= 4 is 31.9 Å². The highest BCUT2D eigenvalue weighted by Crippen LogP contribution is 2.19. The number of nitrogens with one attached hydrogen (secondary N) is 2. The minimum absolute atomic E-state index is 0.0890. The van der Waals surface area contributed by atoms with Crippen LogP contribution in [0, 0.1) is 25.7 Å². The van der Waals surface area contributed by atoms with Crippen LogP contribution >= 0.6 is 0 Å². The molecule has 0 radical (unpaired) electrons. The third-order valence-corrected chi connectivity index (χ3v) is 12.5. The van der Waals surface area contributed by atoms with Crippen molar-refractivity contribution in [1.82, 2.24) is 19.2 Å². The molecular formula is C38H60N4O10S2. The normalized spacial score (nSPS) is 18.9. The molecule has 2 aromatic carbocycles. The Balaban J connectivity index is 1.64. The largest absolute Gasteiger partial charge is 0.377 e. The Morgan fingerprint density at radius 1 is 0.556 bits per heavy atom. The van der Waals surface area contributed by atoms with Crippen molar-refractivity contribution in [2.24, 2.45) is 11.8 Å². The highest BCUT2D eigenvalue weighted by atomic mass is 32.2. The van der Waals surface area contributed by atoms with Gasteiger partial charge in [-0.3, -0.25) is 9.59 Å². The Labute approximate surface area is 322 Å². The maximum Gasteiger partial charge on any atom is 0.241 e. The number of hydrogen-bond acceptors (Lipinski definition) is 10. The molecular weight excluding hydrogens is 737 g/mol. The Kier molecular flexibility index (Phi) is 19.0. The highest BCUT2D eigenvalue weighted by Gasteiger charge is 2.34. The van der Waals surface area contributed by atoms with Crippen LogP contribution in [-0.2, 0) is 48.6 Å². The fourth-order valence-electron chi connectivity index (χ4n) is 5.60. The van der Waals surface area contributed by atoms with Crippen molar-refractivity contribution in [3.8, 4) is 0 Å². The van der Waals surface area contributed by atoms with Crippen LogP contribution in [0.25, 0.3) is 0 Å². The van der Waals surface area contributed by atoms with Crippen molar-refractivity contribution < 1.29 is 45.4 Å². The van der Waals surface area contributed by atoms with Crippen molar-refractivity contribution in [1.29, 1.82) is 0 Å². The first-order valence-corrected chi connectivity index (χ1v) is 21.7. The van der Waals surface area contributed by atoms with Gasteiger partial charge in [0.2, 0.25) is 31.9 Å². The second-order valence-electron chi connectivity index (χ2n) is 13.7. The smallest absolute Gasteiger partial charge is 0.241 e. The molecule has 14 nitrogen and oxygen atoms in total. The Hall–Kier alpha value is -2.96. The lowest BCUT2D eigenvalue weighted by Gasteiger charge is -2.31. The molecule has 0 aromatic heterocycles. The molecule has 16 heteroatoms. The number of carbonyl (C=O) groups is 2. The molecule has 1 saturated heterocycles. The van der Waals surface area contributed by atoms with Gasteiger partial charge in [0.15, 0.2) is 0 Å². The predicted octanol–water partition coefficient (Wildman–Crippen LogP) is 3.13. The molecule has 2 aromatic rings. The summed E-state index contributed by atoms with van der Waals surface area (Å²) in [6.45, 7) is 13.6. The molecule has 0 saturated carbocycles. The zero-order valence-corrected chi connectivity index (χ0v) is 34.3. The molecule has 4 unspecified atom stereocenters. The molecule has 3 rings (SSSR count). The van der Waals surface area contributed by atoms with E-state index in [9.17, 15) is 26.4 Å². The molecule has 1 aliphatic rings. The first-order chi connectivity index (χ1) is 25.7. The van der Waals surface area contributed by atoms with Gasteiger partial charge in [0, 0.05) is 26.2 Å². The Bertz CT molecular complexity index is 1510. The summed E-state index contributed by atoms with van der Waals surface area (Å²) in [6, 6.07) is 11.0. The van der Waals surface area contributed by atoms with Crippen molar-refractivity contribution in [2.75, 3.05) is 79.0 Å². The van der Waals surface area contributed by atoms with Crippen molar-refractivity contribution in [2.45, 2.75) is 76.3 Å². The zero-order chi connectivity index (χ0) is 39.7. The summed E-state index contributed by atoms with van der Waals surface area (Å²) < 4.78 is 81.7. The summed E-state index contributed by atoms with van der Waals surface area (Å²) in [4.78, 5) is 31.1. The SMILES string of the molecule is CCC(C)C(NS(=O)(=O)c1ccc(C)cc1)C(=O)N1CCOCCOCCN(C(=O)C(NS(=O)(=O)c2ccc(C)cc2)C(C)CC)CCOCCOCC1. The topological polar surface area (TPSA) is 170 Å². The quantitative estimate of drug-likeness (QED) is 0.326. The van der Waals surface area contributed by atoms with E-state index in [4.69, 9.17) is 18.9 Å². The molecule has 1 aliphatic heterocycles. The van der Waals surface area contributed by atoms with Crippen LogP contribution in [0.5, 0.6) is 0 Å². The monoisotopic (exact) mass is 796 g/mol. The molecule has 1 heterocycles. The summed E-state index contributed by atoms with van der Waals surface area (Å²) in [6.07, 6.45) is 1.15. The summed E-state index contributed by atoms with van der Waals surface area (Å²) in [5.41, 5.74) is 1.85. The molecule has 2 amide bonds. The number of carbonyl (C=O) groups excluding carboxylic acids is 2. The lowest BCUT2D eigenvalue weighted by Crippen LogP contribution is -2.53. The van der Waals surface area contributed by atoms with Gasteiger partial charge in [0.1, 0.15) is 12.1 Å². The maximum atomic E-state index is 13.9. The molecule has 1 fully saturated rings. The van der Waals surface area contributed by atoms with E-state index in [1.54, 1.807) is 34.1 Å². The van der Waals surface area contributed by atoms with Crippen LogP contribution in [0.2, 0.25) is 0 Å². The van der Waals surface area contributed by atoms with Crippen molar-refractivity contribution in [3.05, 3.63) is 59.7 Å². The van der Waals surface area contributed by atoms with Gasteiger partial charge in [0.05, 0.1) is 62.6 Å². The number of ether oxygens (including phenoxy) is 4. The van der Waals surface area contributed by atoms with Crippen LogP contribution in [0.15, 0.2) is 58.3 Å². The minimum Gasteiger partial charge on any atom is -0.377 e. The summed E-state index contributed by atoms with van der Waals surface area (Å²) in [5, 5.41) is 0. The molecule has 4 atom stereocenters.